The van der Waals surface area contributed by atoms with E-state index in [9.17, 15) is 0 Å². The molecule has 0 unspecified atom stereocenters. The summed E-state index contributed by atoms with van der Waals surface area (Å²) in [7, 11) is 0. The van der Waals surface area contributed by atoms with Crippen molar-refractivity contribution >= 4 is 17.3 Å². The maximum Gasteiger partial charge on any atom is 0.189 e. The van der Waals surface area contributed by atoms with Crippen LogP contribution in [0.5, 0.6) is 0 Å². The van der Waals surface area contributed by atoms with Gasteiger partial charge in [0.2, 0.25) is 0 Å². The summed E-state index contributed by atoms with van der Waals surface area (Å²) in [5.74, 6) is 0.510. The van der Waals surface area contributed by atoms with Gasteiger partial charge in [0.15, 0.2) is 5.96 Å². The quantitative estimate of drug-likeness (QED) is 0.599. The summed E-state index contributed by atoms with van der Waals surface area (Å²) >= 11 is 1.72. The predicted octanol–water partition coefficient (Wildman–Crippen LogP) is 2.26. The second kappa shape index (κ2) is 4.66. The Morgan fingerprint density at radius 1 is 1.53 bits per heavy atom. The lowest BCUT2D eigenvalue weighted by molar-refractivity contribution is 0.508. The van der Waals surface area contributed by atoms with Crippen molar-refractivity contribution in [2.24, 2.45) is 10.7 Å². The summed E-state index contributed by atoms with van der Waals surface area (Å²) in [6.07, 6.45) is 0. The largest absolute Gasteiger partial charge is 0.370 e. The molecule has 0 atom stereocenters. The first-order valence-electron chi connectivity index (χ1n) is 4.99. The Balaban J connectivity index is 2.55. The third-order valence-electron chi connectivity index (χ3n) is 1.86. The predicted molar refractivity (Wildman–Crippen MR) is 67.3 cm³/mol. The molecule has 1 heterocycles. The van der Waals surface area contributed by atoms with E-state index >= 15 is 0 Å². The first-order chi connectivity index (χ1) is 6.88. The summed E-state index contributed by atoms with van der Waals surface area (Å²) < 4.78 is 0. The number of nitrogens with one attached hydrogen (secondary N) is 1. The van der Waals surface area contributed by atoms with Crippen molar-refractivity contribution in [1.29, 1.82) is 0 Å². The summed E-state index contributed by atoms with van der Waals surface area (Å²) in [6.45, 7) is 8.94. The molecule has 0 aliphatic rings. The number of hydrogen-bond donors (Lipinski definition) is 2. The molecule has 1 aromatic rings. The van der Waals surface area contributed by atoms with Crippen LogP contribution in [-0.4, -0.2) is 11.5 Å². The van der Waals surface area contributed by atoms with Crippen molar-refractivity contribution in [3.8, 4) is 0 Å². The van der Waals surface area contributed by atoms with Gasteiger partial charge in [-0.2, -0.15) is 0 Å². The molecule has 0 aliphatic carbocycles. The van der Waals surface area contributed by atoms with Crippen molar-refractivity contribution in [2.75, 3.05) is 0 Å². The van der Waals surface area contributed by atoms with E-state index in [0.29, 0.717) is 12.5 Å². The maximum absolute atomic E-state index is 5.77. The van der Waals surface area contributed by atoms with E-state index in [2.05, 4.69) is 49.5 Å². The number of thiophene rings is 1. The molecular formula is C11H19N3S. The minimum atomic E-state index is -0.0297. The van der Waals surface area contributed by atoms with Gasteiger partial charge in [-0.1, -0.05) is 0 Å². The van der Waals surface area contributed by atoms with Crippen LogP contribution in [0.3, 0.4) is 0 Å². The molecule has 0 fully saturated rings. The number of guanidine groups is 1. The van der Waals surface area contributed by atoms with Crippen LogP contribution in [0, 0.1) is 6.92 Å². The number of aryl methyl sites for hydroxylation is 1. The lowest BCUT2D eigenvalue weighted by atomic mass is 10.1. The third kappa shape index (κ3) is 4.34. The molecule has 15 heavy (non-hydrogen) atoms. The minimum absolute atomic E-state index is 0.0297. The molecule has 0 aliphatic heterocycles. The molecule has 4 heteroatoms. The van der Waals surface area contributed by atoms with Gasteiger partial charge in [0.05, 0.1) is 6.54 Å². The zero-order valence-corrected chi connectivity index (χ0v) is 10.6. The van der Waals surface area contributed by atoms with E-state index in [1.807, 2.05) is 0 Å². The zero-order chi connectivity index (χ0) is 11.5. The SMILES string of the molecule is Cc1ccsc1CN=C(N)NC(C)(C)C. The van der Waals surface area contributed by atoms with E-state index in [4.69, 9.17) is 5.73 Å². The molecule has 3 N–H and O–H groups in total. The minimum Gasteiger partial charge on any atom is -0.370 e. The smallest absolute Gasteiger partial charge is 0.189 e. The summed E-state index contributed by atoms with van der Waals surface area (Å²) in [5.41, 5.74) is 7.02. The molecule has 0 radical (unpaired) electrons. The van der Waals surface area contributed by atoms with Crippen LogP contribution in [0.4, 0.5) is 0 Å². The Kier molecular flexibility index (Phi) is 3.74. The second-order valence-corrected chi connectivity index (χ2v) is 5.60. The van der Waals surface area contributed by atoms with E-state index in [1.165, 1.54) is 10.4 Å². The van der Waals surface area contributed by atoms with Gasteiger partial charge in [0, 0.05) is 10.4 Å². The van der Waals surface area contributed by atoms with E-state index < -0.39 is 0 Å². The van der Waals surface area contributed by atoms with Gasteiger partial charge in [-0.15, -0.1) is 11.3 Å². The lowest BCUT2D eigenvalue weighted by Gasteiger charge is -2.20. The molecule has 3 nitrogen and oxygen atoms in total. The Bertz CT molecular complexity index is 347. The van der Waals surface area contributed by atoms with Gasteiger partial charge in [-0.3, -0.25) is 0 Å². The van der Waals surface area contributed by atoms with Crippen molar-refractivity contribution < 1.29 is 0 Å². The highest BCUT2D eigenvalue weighted by atomic mass is 32.1. The molecule has 0 amide bonds. The second-order valence-electron chi connectivity index (χ2n) is 4.60. The standard InChI is InChI=1S/C11H19N3S/c1-8-5-6-15-9(8)7-13-10(12)14-11(2,3)4/h5-6H,7H2,1-4H3,(H3,12,13,14). The van der Waals surface area contributed by atoms with Crippen LogP contribution in [0.1, 0.15) is 31.2 Å². The van der Waals surface area contributed by atoms with Crippen molar-refractivity contribution in [1.82, 2.24) is 5.32 Å². The van der Waals surface area contributed by atoms with Gasteiger partial charge in [-0.05, 0) is 44.7 Å². The fourth-order valence-corrected chi connectivity index (χ4v) is 1.98. The van der Waals surface area contributed by atoms with Gasteiger partial charge in [0.1, 0.15) is 0 Å². The Labute approximate surface area is 95.4 Å². The highest BCUT2D eigenvalue weighted by Crippen LogP contribution is 2.16. The molecule has 1 aromatic heterocycles. The molecule has 0 saturated carbocycles. The first kappa shape index (κ1) is 12.0. The van der Waals surface area contributed by atoms with Crippen LogP contribution in [0.25, 0.3) is 0 Å². The van der Waals surface area contributed by atoms with Crippen molar-refractivity contribution in [3.05, 3.63) is 21.9 Å². The van der Waals surface area contributed by atoms with Crippen molar-refractivity contribution in [3.63, 3.8) is 0 Å². The monoisotopic (exact) mass is 225 g/mol. The number of aliphatic imine (C=N–C) groups is 1. The van der Waals surface area contributed by atoms with Crippen LogP contribution in [-0.2, 0) is 6.54 Å². The molecule has 1 rings (SSSR count). The topological polar surface area (TPSA) is 50.4 Å². The van der Waals surface area contributed by atoms with Gasteiger partial charge in [0.25, 0.3) is 0 Å². The average Bonchev–Trinajstić information content (AvgIpc) is 2.44. The number of nitrogens with zero attached hydrogens (tertiary/aromatic N) is 1. The normalized spacial score (nSPS) is 12.9. The van der Waals surface area contributed by atoms with Crippen LogP contribution in [0.15, 0.2) is 16.4 Å². The summed E-state index contributed by atoms with van der Waals surface area (Å²) in [4.78, 5) is 5.58. The van der Waals surface area contributed by atoms with Crippen LogP contribution in [0.2, 0.25) is 0 Å². The number of nitrogens with two attached hydrogens (primary N) is 1. The molecule has 0 aromatic carbocycles. The number of hydrogen-bond acceptors (Lipinski definition) is 2. The van der Waals surface area contributed by atoms with E-state index in [1.54, 1.807) is 11.3 Å². The zero-order valence-electron chi connectivity index (χ0n) is 9.79. The fourth-order valence-electron chi connectivity index (χ4n) is 1.15. The van der Waals surface area contributed by atoms with Crippen molar-refractivity contribution in [2.45, 2.75) is 39.8 Å². The maximum atomic E-state index is 5.77. The third-order valence-corrected chi connectivity index (χ3v) is 2.87. The van der Waals surface area contributed by atoms with Crippen LogP contribution >= 0.6 is 11.3 Å². The fraction of sp³-hybridized carbons (Fsp3) is 0.545. The summed E-state index contributed by atoms with van der Waals surface area (Å²) in [6, 6.07) is 2.10. The molecular weight excluding hydrogens is 206 g/mol. The van der Waals surface area contributed by atoms with Gasteiger partial charge in [-0.25, -0.2) is 4.99 Å². The Hall–Kier alpha value is -1.03. The van der Waals surface area contributed by atoms with Gasteiger partial charge < -0.3 is 11.1 Å². The van der Waals surface area contributed by atoms with Crippen LogP contribution < -0.4 is 11.1 Å². The summed E-state index contributed by atoms with van der Waals surface area (Å²) in [5, 5.41) is 5.21. The lowest BCUT2D eigenvalue weighted by Crippen LogP contribution is -2.44. The van der Waals surface area contributed by atoms with E-state index in [-0.39, 0.29) is 5.54 Å². The molecule has 0 bridgehead atoms. The molecule has 0 saturated heterocycles. The van der Waals surface area contributed by atoms with Gasteiger partial charge >= 0.3 is 0 Å². The Morgan fingerprint density at radius 2 is 2.20 bits per heavy atom. The molecule has 0 spiro atoms. The number of rotatable bonds is 2. The molecule has 84 valence electrons. The first-order valence-corrected chi connectivity index (χ1v) is 5.87. The average molecular weight is 225 g/mol. The highest BCUT2D eigenvalue weighted by molar-refractivity contribution is 7.10. The highest BCUT2D eigenvalue weighted by Gasteiger charge is 2.09. The van der Waals surface area contributed by atoms with E-state index in [0.717, 1.165) is 0 Å². The Morgan fingerprint density at radius 3 is 2.67 bits per heavy atom.